The molecule has 0 fully saturated rings. The third kappa shape index (κ3) is 2.96. The number of phenolic OH excluding ortho intramolecular Hbond substituents is 1. The topological polar surface area (TPSA) is 131 Å². The molecule has 4 N–H and O–H groups in total. The first kappa shape index (κ1) is 18.2. The van der Waals surface area contributed by atoms with E-state index in [0.717, 1.165) is 18.2 Å². The molecule has 7 nitrogen and oxygen atoms in total. The van der Waals surface area contributed by atoms with Crippen molar-refractivity contribution in [2.75, 3.05) is 0 Å². The molecule has 4 rings (SSSR count). The molecule has 8 heteroatoms. The molecule has 0 radical (unpaired) electrons. The normalized spacial score (nSPS) is 11.1. The molecule has 0 spiro atoms. The van der Waals surface area contributed by atoms with Crippen molar-refractivity contribution in [2.45, 2.75) is 0 Å². The second kappa shape index (κ2) is 6.45. The van der Waals surface area contributed by atoms with E-state index in [1.54, 1.807) is 0 Å². The molecule has 2 aromatic rings. The van der Waals surface area contributed by atoms with Crippen LogP contribution in [0.15, 0.2) is 57.7 Å². The standard InChI is InChI=1S/C21H12FNO6/c22-15-7-14-18(8-16(15)25)29-17-6-10(24)2-4-12(17)19(14)11-3-1-9(20(23)26)5-13(11)21(27)28/h1-8,24H,(H2,23,26)(H,27,28). The van der Waals surface area contributed by atoms with Crippen LogP contribution in [0.3, 0.4) is 0 Å². The molecule has 2 aromatic carbocycles. The number of rotatable bonds is 3. The van der Waals surface area contributed by atoms with Crippen molar-refractivity contribution in [3.8, 4) is 28.2 Å². The molecule has 0 aromatic heterocycles. The second-order valence-electron chi connectivity index (χ2n) is 6.37. The van der Waals surface area contributed by atoms with Crippen molar-refractivity contribution in [3.63, 3.8) is 0 Å². The minimum atomic E-state index is -1.33. The molecule has 0 bridgehead atoms. The van der Waals surface area contributed by atoms with Crippen LogP contribution in [0.5, 0.6) is 5.75 Å². The van der Waals surface area contributed by atoms with Crippen molar-refractivity contribution in [3.05, 3.63) is 75.7 Å². The lowest BCUT2D eigenvalue weighted by Crippen LogP contribution is -2.13. The number of phenols is 1. The maximum Gasteiger partial charge on any atom is 0.336 e. The first-order chi connectivity index (χ1) is 13.8. The van der Waals surface area contributed by atoms with Crippen molar-refractivity contribution in [2.24, 2.45) is 5.73 Å². The average molecular weight is 393 g/mol. The van der Waals surface area contributed by atoms with E-state index in [0.29, 0.717) is 5.39 Å². The monoisotopic (exact) mass is 393 g/mol. The lowest BCUT2D eigenvalue weighted by atomic mass is 9.89. The van der Waals surface area contributed by atoms with Crippen molar-refractivity contribution >= 4 is 22.8 Å². The summed E-state index contributed by atoms with van der Waals surface area (Å²) in [4.78, 5) is 35.1. The number of nitrogens with two attached hydrogens (primary N) is 1. The van der Waals surface area contributed by atoms with Gasteiger partial charge in [-0.25, -0.2) is 9.18 Å². The minimum Gasteiger partial charge on any atom is -0.508 e. The summed E-state index contributed by atoms with van der Waals surface area (Å²) < 4.78 is 19.7. The number of primary amides is 1. The number of carboxylic acid groups (broad SMARTS) is 1. The summed E-state index contributed by atoms with van der Waals surface area (Å²) >= 11 is 0. The summed E-state index contributed by atoms with van der Waals surface area (Å²) in [5.74, 6) is -3.26. The van der Waals surface area contributed by atoms with E-state index in [1.165, 1.54) is 30.3 Å². The molecule has 1 amide bonds. The molecule has 144 valence electrons. The highest BCUT2D eigenvalue weighted by Crippen LogP contribution is 2.42. The summed E-state index contributed by atoms with van der Waals surface area (Å²) in [5, 5.41) is 19.8. The van der Waals surface area contributed by atoms with Crippen LogP contribution >= 0.6 is 0 Å². The van der Waals surface area contributed by atoms with Crippen LogP contribution in [0.4, 0.5) is 4.39 Å². The zero-order valence-electron chi connectivity index (χ0n) is 14.6. The molecule has 1 heterocycles. The Labute approximate surface area is 161 Å². The van der Waals surface area contributed by atoms with Gasteiger partial charge in [-0.05, 0) is 35.9 Å². The van der Waals surface area contributed by atoms with Crippen molar-refractivity contribution in [1.82, 2.24) is 0 Å². The third-order valence-electron chi connectivity index (χ3n) is 4.56. The van der Waals surface area contributed by atoms with Gasteiger partial charge in [0.25, 0.3) is 0 Å². The molecule has 0 saturated heterocycles. The average Bonchev–Trinajstić information content (AvgIpc) is 2.67. The van der Waals surface area contributed by atoms with Gasteiger partial charge in [-0.1, -0.05) is 6.07 Å². The summed E-state index contributed by atoms with van der Waals surface area (Å²) in [7, 11) is 0. The number of halogens is 1. The van der Waals surface area contributed by atoms with Crippen LogP contribution in [0.2, 0.25) is 0 Å². The van der Waals surface area contributed by atoms with Gasteiger partial charge >= 0.3 is 5.97 Å². The first-order valence-corrected chi connectivity index (χ1v) is 8.33. The van der Waals surface area contributed by atoms with Gasteiger partial charge in [-0.3, -0.25) is 9.59 Å². The van der Waals surface area contributed by atoms with E-state index < -0.39 is 23.1 Å². The zero-order valence-corrected chi connectivity index (χ0v) is 14.6. The fourth-order valence-corrected chi connectivity index (χ4v) is 3.26. The second-order valence-corrected chi connectivity index (χ2v) is 6.37. The van der Waals surface area contributed by atoms with Gasteiger partial charge in [0.15, 0.2) is 5.82 Å². The summed E-state index contributed by atoms with van der Waals surface area (Å²) in [6, 6.07) is 9.93. The number of aromatic carboxylic acids is 1. The van der Waals surface area contributed by atoms with Gasteiger partial charge in [-0.15, -0.1) is 0 Å². The predicted octanol–water partition coefficient (Wildman–Crippen LogP) is 3.21. The van der Waals surface area contributed by atoms with E-state index >= 15 is 0 Å². The number of aromatic hydroxyl groups is 1. The molecular weight excluding hydrogens is 381 g/mol. The van der Waals surface area contributed by atoms with E-state index in [4.69, 9.17) is 10.2 Å². The van der Waals surface area contributed by atoms with Gasteiger partial charge in [-0.2, -0.15) is 0 Å². The molecule has 1 aliphatic carbocycles. The van der Waals surface area contributed by atoms with Gasteiger partial charge in [0.2, 0.25) is 11.3 Å². The Kier molecular flexibility index (Phi) is 4.04. The molecule has 2 aliphatic rings. The number of carboxylic acids is 1. The zero-order chi connectivity index (χ0) is 20.9. The Morgan fingerprint density at radius 2 is 1.76 bits per heavy atom. The smallest absolute Gasteiger partial charge is 0.336 e. The highest BCUT2D eigenvalue weighted by molar-refractivity contribution is 6.08. The van der Waals surface area contributed by atoms with E-state index in [2.05, 4.69) is 0 Å². The first-order valence-electron chi connectivity index (χ1n) is 8.33. The Morgan fingerprint density at radius 3 is 2.45 bits per heavy atom. The van der Waals surface area contributed by atoms with Gasteiger partial charge in [0, 0.05) is 34.2 Å². The van der Waals surface area contributed by atoms with Crippen LogP contribution in [-0.4, -0.2) is 22.1 Å². The molecule has 0 atom stereocenters. The van der Waals surface area contributed by atoms with Crippen LogP contribution in [0, 0.1) is 5.82 Å². The molecular formula is C21H12FNO6. The molecule has 1 aliphatic heterocycles. The number of fused-ring (bicyclic) bond motifs is 2. The number of carbonyl (C=O) groups excluding carboxylic acids is 1. The van der Waals surface area contributed by atoms with Gasteiger partial charge < -0.3 is 20.4 Å². The Balaban J connectivity index is 2.20. The summed E-state index contributed by atoms with van der Waals surface area (Å²) in [6.45, 7) is 0. The van der Waals surface area contributed by atoms with Gasteiger partial charge in [0.05, 0.1) is 5.56 Å². The minimum absolute atomic E-state index is 0.00829. The highest BCUT2D eigenvalue weighted by Gasteiger charge is 2.24. The van der Waals surface area contributed by atoms with Gasteiger partial charge in [0.1, 0.15) is 17.1 Å². The van der Waals surface area contributed by atoms with E-state index in [1.807, 2.05) is 0 Å². The predicted molar refractivity (Wildman–Crippen MR) is 102 cm³/mol. The molecule has 29 heavy (non-hydrogen) atoms. The largest absolute Gasteiger partial charge is 0.508 e. The molecule has 0 saturated carbocycles. The third-order valence-corrected chi connectivity index (χ3v) is 4.56. The maximum atomic E-state index is 14.1. The Morgan fingerprint density at radius 1 is 1.00 bits per heavy atom. The number of amides is 1. The summed E-state index contributed by atoms with van der Waals surface area (Å²) in [5.41, 5.74) is 4.86. The van der Waals surface area contributed by atoms with Crippen LogP contribution in [-0.2, 0) is 0 Å². The van der Waals surface area contributed by atoms with Crippen LogP contribution in [0.25, 0.3) is 33.4 Å². The van der Waals surface area contributed by atoms with E-state index in [-0.39, 0.29) is 44.9 Å². The lowest BCUT2D eigenvalue weighted by molar-refractivity contribution is 0.0697. The van der Waals surface area contributed by atoms with Crippen molar-refractivity contribution < 1.29 is 28.6 Å². The number of hydrogen-bond donors (Lipinski definition) is 3. The summed E-state index contributed by atoms with van der Waals surface area (Å²) in [6.07, 6.45) is 0. The van der Waals surface area contributed by atoms with E-state index in [9.17, 15) is 29.0 Å². The Bertz CT molecular complexity index is 1360. The quantitative estimate of drug-likeness (QED) is 0.458. The van der Waals surface area contributed by atoms with Crippen molar-refractivity contribution in [1.29, 1.82) is 0 Å². The highest BCUT2D eigenvalue weighted by atomic mass is 19.1. The lowest BCUT2D eigenvalue weighted by Gasteiger charge is -2.17. The maximum absolute atomic E-state index is 14.1. The van der Waals surface area contributed by atoms with Crippen LogP contribution < -0.4 is 11.2 Å². The fraction of sp³-hybridized carbons (Fsp3) is 0. The number of benzene rings is 3. The number of carbonyl (C=O) groups is 2. The Hall–Kier alpha value is -4.20. The molecule has 0 unspecified atom stereocenters. The number of hydrogen-bond acceptors (Lipinski definition) is 5. The fourth-order valence-electron chi connectivity index (χ4n) is 3.26. The van der Waals surface area contributed by atoms with Crippen LogP contribution in [0.1, 0.15) is 20.7 Å². The SMILES string of the molecule is NC(=O)c1ccc(-c2c3cc(F)c(=O)cc-3oc3cc(O)ccc23)c(C(=O)O)c1.